The summed E-state index contributed by atoms with van der Waals surface area (Å²) < 4.78 is 0. The highest BCUT2D eigenvalue weighted by Gasteiger charge is 2.17. The van der Waals surface area contributed by atoms with E-state index < -0.39 is 0 Å². The normalized spacial score (nSPS) is 20.1. The van der Waals surface area contributed by atoms with Crippen LogP contribution < -0.4 is 10.6 Å². The van der Waals surface area contributed by atoms with Crippen LogP contribution in [-0.4, -0.2) is 18.5 Å². The monoisotopic (exact) mass is 272 g/mol. The van der Waals surface area contributed by atoms with Crippen molar-refractivity contribution in [2.45, 2.75) is 25.4 Å². The van der Waals surface area contributed by atoms with Crippen molar-refractivity contribution in [3.8, 4) is 0 Å². The van der Waals surface area contributed by atoms with E-state index in [1.807, 2.05) is 18.2 Å². The molecule has 17 heavy (non-hydrogen) atoms. The summed E-state index contributed by atoms with van der Waals surface area (Å²) in [4.78, 5) is 11.0. The maximum absolute atomic E-state index is 11.0. The largest absolute Gasteiger partial charge is 0.355 e. The highest BCUT2D eigenvalue weighted by atomic mass is 35.5. The Morgan fingerprint density at radius 1 is 1.35 bits per heavy atom. The lowest BCUT2D eigenvalue weighted by Crippen LogP contribution is -2.45. The zero-order chi connectivity index (χ0) is 12.3. The minimum atomic E-state index is 0.124. The molecule has 1 atom stereocenters. The van der Waals surface area contributed by atoms with E-state index in [9.17, 15) is 4.79 Å². The molecule has 1 heterocycles. The van der Waals surface area contributed by atoms with Crippen molar-refractivity contribution >= 4 is 29.1 Å². The predicted molar refractivity (Wildman–Crippen MR) is 69.3 cm³/mol. The number of nitrogens with one attached hydrogen (secondary N) is 2. The van der Waals surface area contributed by atoms with Crippen molar-refractivity contribution in [2.75, 3.05) is 6.54 Å². The number of benzene rings is 1. The zero-order valence-corrected chi connectivity index (χ0v) is 10.8. The fourth-order valence-corrected chi connectivity index (χ4v) is 2.39. The molecule has 2 N–H and O–H groups in total. The topological polar surface area (TPSA) is 41.1 Å². The number of hydrogen-bond donors (Lipinski definition) is 2. The first-order chi connectivity index (χ1) is 8.16. The van der Waals surface area contributed by atoms with Crippen molar-refractivity contribution in [1.29, 1.82) is 0 Å². The van der Waals surface area contributed by atoms with Crippen LogP contribution in [0.4, 0.5) is 0 Å². The molecule has 1 saturated heterocycles. The minimum absolute atomic E-state index is 0.124. The van der Waals surface area contributed by atoms with Gasteiger partial charge in [-0.05, 0) is 18.6 Å². The van der Waals surface area contributed by atoms with Crippen molar-refractivity contribution in [3.63, 3.8) is 0 Å². The van der Waals surface area contributed by atoms with Gasteiger partial charge in [0.25, 0.3) is 0 Å². The fraction of sp³-hybridized carbons (Fsp3) is 0.417. The van der Waals surface area contributed by atoms with Crippen molar-refractivity contribution in [2.24, 2.45) is 0 Å². The molecule has 1 unspecified atom stereocenters. The summed E-state index contributed by atoms with van der Waals surface area (Å²) in [6, 6.07) is 5.77. The lowest BCUT2D eigenvalue weighted by Gasteiger charge is -2.24. The number of amides is 1. The quantitative estimate of drug-likeness (QED) is 0.887. The molecule has 1 aliphatic rings. The van der Waals surface area contributed by atoms with Gasteiger partial charge in [0, 0.05) is 41.2 Å². The molecule has 1 aliphatic heterocycles. The Kier molecular flexibility index (Phi) is 4.26. The third-order valence-electron chi connectivity index (χ3n) is 2.89. The van der Waals surface area contributed by atoms with Crippen molar-refractivity contribution in [1.82, 2.24) is 10.6 Å². The second-order valence-corrected chi connectivity index (χ2v) is 4.94. The van der Waals surface area contributed by atoms with E-state index in [2.05, 4.69) is 10.6 Å². The second-order valence-electron chi connectivity index (χ2n) is 4.12. The highest BCUT2D eigenvalue weighted by Crippen LogP contribution is 2.24. The Hall–Kier alpha value is -0.770. The van der Waals surface area contributed by atoms with Crippen LogP contribution in [0, 0.1) is 0 Å². The molecule has 1 amide bonds. The SMILES string of the molecule is O=C1CCC(NCc2c(Cl)cccc2Cl)CN1. The van der Waals surface area contributed by atoms with Crippen molar-refractivity contribution in [3.05, 3.63) is 33.8 Å². The Bertz CT molecular complexity index is 393. The van der Waals surface area contributed by atoms with Crippen LogP contribution in [0.15, 0.2) is 18.2 Å². The van der Waals surface area contributed by atoms with E-state index in [0.717, 1.165) is 12.0 Å². The fourth-order valence-electron chi connectivity index (χ4n) is 1.85. The number of rotatable bonds is 3. The molecule has 1 aromatic rings. The third-order valence-corrected chi connectivity index (χ3v) is 3.60. The highest BCUT2D eigenvalue weighted by molar-refractivity contribution is 6.35. The molecule has 0 radical (unpaired) electrons. The number of hydrogen-bond acceptors (Lipinski definition) is 2. The number of halogens is 2. The van der Waals surface area contributed by atoms with Gasteiger partial charge in [0.05, 0.1) is 0 Å². The molecule has 0 bridgehead atoms. The van der Waals surface area contributed by atoms with E-state index in [4.69, 9.17) is 23.2 Å². The lowest BCUT2D eigenvalue weighted by molar-refractivity contribution is -0.122. The van der Waals surface area contributed by atoms with E-state index >= 15 is 0 Å². The Balaban J connectivity index is 1.91. The molecule has 0 saturated carbocycles. The summed E-state index contributed by atoms with van der Waals surface area (Å²) in [6.45, 7) is 1.29. The first kappa shape index (κ1) is 12.7. The van der Waals surface area contributed by atoms with Crippen LogP contribution in [0.2, 0.25) is 10.0 Å². The van der Waals surface area contributed by atoms with Crippen LogP contribution >= 0.6 is 23.2 Å². The van der Waals surface area contributed by atoms with Crippen LogP contribution in [0.1, 0.15) is 18.4 Å². The Morgan fingerprint density at radius 3 is 2.65 bits per heavy atom. The first-order valence-electron chi connectivity index (χ1n) is 5.60. The van der Waals surface area contributed by atoms with Gasteiger partial charge >= 0.3 is 0 Å². The Labute approximate surface area is 110 Å². The van der Waals surface area contributed by atoms with Gasteiger partial charge in [-0.15, -0.1) is 0 Å². The summed E-state index contributed by atoms with van der Waals surface area (Å²) in [6.07, 6.45) is 1.43. The van der Waals surface area contributed by atoms with Crippen LogP contribution in [0.3, 0.4) is 0 Å². The average molecular weight is 273 g/mol. The minimum Gasteiger partial charge on any atom is -0.355 e. The number of carbonyl (C=O) groups is 1. The summed E-state index contributed by atoms with van der Waals surface area (Å²) in [5.41, 5.74) is 0.910. The van der Waals surface area contributed by atoms with Gasteiger partial charge in [0.2, 0.25) is 5.91 Å². The van der Waals surface area contributed by atoms with Gasteiger partial charge in [0.1, 0.15) is 0 Å². The van der Waals surface area contributed by atoms with Crippen LogP contribution in [0.25, 0.3) is 0 Å². The third kappa shape index (κ3) is 3.35. The maximum Gasteiger partial charge on any atom is 0.220 e. The number of carbonyl (C=O) groups excluding carboxylic acids is 1. The molecule has 92 valence electrons. The first-order valence-corrected chi connectivity index (χ1v) is 6.35. The average Bonchev–Trinajstić information content (AvgIpc) is 2.31. The molecular weight excluding hydrogens is 259 g/mol. The Morgan fingerprint density at radius 2 is 2.06 bits per heavy atom. The van der Waals surface area contributed by atoms with Gasteiger partial charge < -0.3 is 10.6 Å². The summed E-state index contributed by atoms with van der Waals surface area (Å²) in [5.74, 6) is 0.124. The molecule has 1 fully saturated rings. The van der Waals surface area contributed by atoms with Gasteiger partial charge in [-0.25, -0.2) is 0 Å². The van der Waals surface area contributed by atoms with Crippen molar-refractivity contribution < 1.29 is 4.79 Å². The van der Waals surface area contributed by atoms with E-state index in [1.165, 1.54) is 0 Å². The molecule has 2 rings (SSSR count). The van der Waals surface area contributed by atoms with E-state index in [0.29, 0.717) is 35.6 Å². The molecule has 0 aromatic heterocycles. The van der Waals surface area contributed by atoms with Crippen LogP contribution in [0.5, 0.6) is 0 Å². The standard InChI is InChI=1S/C12H14Cl2N2O/c13-10-2-1-3-11(14)9(10)7-15-8-4-5-12(17)16-6-8/h1-3,8,15H,4-7H2,(H,16,17). The maximum atomic E-state index is 11.0. The molecule has 3 nitrogen and oxygen atoms in total. The van der Waals surface area contributed by atoms with Gasteiger partial charge in [-0.2, -0.15) is 0 Å². The molecule has 1 aromatic carbocycles. The molecular formula is C12H14Cl2N2O. The van der Waals surface area contributed by atoms with E-state index in [-0.39, 0.29) is 5.91 Å². The predicted octanol–water partition coefficient (Wildman–Crippen LogP) is 2.36. The van der Waals surface area contributed by atoms with E-state index in [1.54, 1.807) is 0 Å². The molecule has 5 heteroatoms. The van der Waals surface area contributed by atoms with Crippen LogP contribution in [-0.2, 0) is 11.3 Å². The van der Waals surface area contributed by atoms with Gasteiger partial charge in [0.15, 0.2) is 0 Å². The van der Waals surface area contributed by atoms with Gasteiger partial charge in [-0.3, -0.25) is 4.79 Å². The molecule has 0 spiro atoms. The lowest BCUT2D eigenvalue weighted by atomic mass is 10.1. The summed E-state index contributed by atoms with van der Waals surface area (Å²) in [5, 5.41) is 7.53. The number of piperidine rings is 1. The zero-order valence-electron chi connectivity index (χ0n) is 9.30. The summed E-state index contributed by atoms with van der Waals surface area (Å²) >= 11 is 12.2. The second kappa shape index (κ2) is 5.71. The summed E-state index contributed by atoms with van der Waals surface area (Å²) in [7, 11) is 0. The molecule has 0 aliphatic carbocycles. The smallest absolute Gasteiger partial charge is 0.220 e. The van der Waals surface area contributed by atoms with Gasteiger partial charge in [-0.1, -0.05) is 29.3 Å².